The van der Waals surface area contributed by atoms with Gasteiger partial charge in [-0.05, 0) is 67.6 Å². The fourth-order valence-electron chi connectivity index (χ4n) is 3.73. The van der Waals surface area contributed by atoms with E-state index in [1.165, 1.54) is 0 Å². The number of nitrogens with one attached hydrogen (secondary N) is 3. The predicted molar refractivity (Wildman–Crippen MR) is 138 cm³/mol. The molecule has 0 atom stereocenters. The summed E-state index contributed by atoms with van der Waals surface area (Å²) in [7, 11) is 1.63. The lowest BCUT2D eigenvalue weighted by Crippen LogP contribution is -2.20. The molecule has 1 aliphatic rings. The van der Waals surface area contributed by atoms with E-state index < -0.39 is 0 Å². The molecule has 9 nitrogen and oxygen atoms in total. The molecule has 5 rings (SSSR count). The largest absolute Gasteiger partial charge is 0.497 e. The Labute approximate surface area is 208 Å². The third kappa shape index (κ3) is 5.30. The summed E-state index contributed by atoms with van der Waals surface area (Å²) in [6.07, 6.45) is 0. The summed E-state index contributed by atoms with van der Waals surface area (Å²) in [6.45, 7) is 2.79. The number of amides is 1. The van der Waals surface area contributed by atoms with Crippen LogP contribution in [0, 0.1) is 6.92 Å². The fraction of sp³-hybridized carbons (Fsp3) is 0.148. The first-order valence-electron chi connectivity index (χ1n) is 11.4. The van der Waals surface area contributed by atoms with E-state index in [-0.39, 0.29) is 5.91 Å². The second-order valence-electron chi connectivity index (χ2n) is 8.06. The molecule has 0 bridgehead atoms. The molecular formula is C27H25N5O4. The monoisotopic (exact) mass is 483 g/mol. The second kappa shape index (κ2) is 10.2. The highest BCUT2D eigenvalue weighted by molar-refractivity contribution is 6.06. The van der Waals surface area contributed by atoms with Crippen LogP contribution >= 0.6 is 0 Å². The molecule has 36 heavy (non-hydrogen) atoms. The van der Waals surface area contributed by atoms with Gasteiger partial charge in [-0.15, -0.1) is 0 Å². The normalized spacial score (nSPS) is 11.9. The van der Waals surface area contributed by atoms with Crippen molar-refractivity contribution in [1.82, 2.24) is 9.97 Å². The molecule has 3 N–H and O–H groups in total. The SMILES string of the molecule is COc1ccc(Nc2cc(C)nc(Nc3ccc(NC(=O)c4cccc5c4OCCO5)cc3)n2)cc1. The molecule has 4 aromatic rings. The smallest absolute Gasteiger partial charge is 0.259 e. The molecule has 1 aromatic heterocycles. The van der Waals surface area contributed by atoms with Crippen LogP contribution in [0.5, 0.6) is 17.2 Å². The molecule has 0 saturated carbocycles. The number of ether oxygens (including phenoxy) is 3. The zero-order valence-corrected chi connectivity index (χ0v) is 19.9. The van der Waals surface area contributed by atoms with E-state index in [1.54, 1.807) is 37.4 Å². The van der Waals surface area contributed by atoms with Gasteiger partial charge in [0.2, 0.25) is 5.95 Å². The number of carbonyl (C=O) groups excluding carboxylic acids is 1. The van der Waals surface area contributed by atoms with Crippen molar-refractivity contribution in [2.24, 2.45) is 0 Å². The molecule has 0 radical (unpaired) electrons. The van der Waals surface area contributed by atoms with Crippen molar-refractivity contribution in [2.45, 2.75) is 6.92 Å². The van der Waals surface area contributed by atoms with Gasteiger partial charge >= 0.3 is 0 Å². The summed E-state index contributed by atoms with van der Waals surface area (Å²) in [5, 5.41) is 9.39. The Bertz CT molecular complexity index is 1370. The number of rotatable bonds is 7. The van der Waals surface area contributed by atoms with Gasteiger partial charge in [0.05, 0.1) is 12.7 Å². The number of anilines is 5. The van der Waals surface area contributed by atoms with Crippen LogP contribution in [0.15, 0.2) is 72.8 Å². The van der Waals surface area contributed by atoms with Crippen molar-refractivity contribution in [3.8, 4) is 17.2 Å². The van der Waals surface area contributed by atoms with Crippen LogP contribution in [-0.2, 0) is 0 Å². The van der Waals surface area contributed by atoms with Crippen LogP contribution < -0.4 is 30.2 Å². The van der Waals surface area contributed by atoms with Crippen molar-refractivity contribution in [2.75, 3.05) is 36.3 Å². The second-order valence-corrected chi connectivity index (χ2v) is 8.06. The lowest BCUT2D eigenvalue weighted by atomic mass is 10.1. The number of fused-ring (bicyclic) bond motifs is 1. The van der Waals surface area contributed by atoms with Gasteiger partial charge in [0.25, 0.3) is 5.91 Å². The van der Waals surface area contributed by atoms with Crippen molar-refractivity contribution in [3.63, 3.8) is 0 Å². The standard InChI is InChI=1S/C27H25N5O4/c1-17-16-24(29-18-10-12-21(34-2)13-11-18)32-27(28-17)31-20-8-6-19(7-9-20)30-26(33)22-4-3-5-23-25(22)36-15-14-35-23/h3-13,16H,14-15H2,1-2H3,(H,30,33)(H2,28,29,31,32). The van der Waals surface area contributed by atoms with E-state index in [2.05, 4.69) is 25.9 Å². The van der Waals surface area contributed by atoms with Crippen LogP contribution in [-0.4, -0.2) is 36.2 Å². The fourth-order valence-corrected chi connectivity index (χ4v) is 3.73. The zero-order valence-electron chi connectivity index (χ0n) is 19.9. The summed E-state index contributed by atoms with van der Waals surface area (Å²) in [4.78, 5) is 21.9. The molecule has 0 spiro atoms. The Morgan fingerprint density at radius 1 is 0.861 bits per heavy atom. The molecule has 1 aliphatic heterocycles. The van der Waals surface area contributed by atoms with Gasteiger partial charge in [0.1, 0.15) is 24.8 Å². The third-order valence-corrected chi connectivity index (χ3v) is 5.43. The van der Waals surface area contributed by atoms with Crippen LogP contribution in [0.25, 0.3) is 0 Å². The first-order valence-corrected chi connectivity index (χ1v) is 11.4. The van der Waals surface area contributed by atoms with Gasteiger partial charge in [-0.25, -0.2) is 4.98 Å². The summed E-state index contributed by atoms with van der Waals surface area (Å²) in [6, 6.07) is 22.0. The molecule has 1 amide bonds. The van der Waals surface area contributed by atoms with E-state index in [4.69, 9.17) is 14.2 Å². The topological polar surface area (TPSA) is 107 Å². The molecule has 182 valence electrons. The van der Waals surface area contributed by atoms with Crippen molar-refractivity contribution >= 4 is 34.7 Å². The Balaban J connectivity index is 1.25. The number of nitrogens with zero attached hydrogens (tertiary/aromatic N) is 2. The molecule has 3 aromatic carbocycles. The number of benzene rings is 3. The highest BCUT2D eigenvalue weighted by Crippen LogP contribution is 2.34. The Morgan fingerprint density at radius 2 is 1.56 bits per heavy atom. The van der Waals surface area contributed by atoms with Crippen molar-refractivity contribution in [3.05, 3.63) is 84.1 Å². The minimum Gasteiger partial charge on any atom is -0.497 e. The minimum atomic E-state index is -0.269. The predicted octanol–water partition coefficient (Wildman–Crippen LogP) is 5.30. The quantitative estimate of drug-likeness (QED) is 0.325. The van der Waals surface area contributed by atoms with Gasteiger partial charge in [-0.1, -0.05) is 6.07 Å². The maximum Gasteiger partial charge on any atom is 0.259 e. The average molecular weight is 484 g/mol. The number of hydrogen-bond donors (Lipinski definition) is 3. The van der Waals surface area contributed by atoms with Gasteiger partial charge in [-0.2, -0.15) is 4.98 Å². The van der Waals surface area contributed by atoms with E-state index in [1.807, 2.05) is 49.4 Å². The number of methoxy groups -OCH3 is 1. The van der Waals surface area contributed by atoms with E-state index in [0.29, 0.717) is 47.7 Å². The summed E-state index contributed by atoms with van der Waals surface area (Å²) >= 11 is 0. The van der Waals surface area contributed by atoms with Gasteiger partial charge in [0.15, 0.2) is 11.5 Å². The highest BCUT2D eigenvalue weighted by Gasteiger charge is 2.20. The Kier molecular flexibility index (Phi) is 6.53. The molecule has 0 fully saturated rings. The Hall–Kier alpha value is -4.79. The lowest BCUT2D eigenvalue weighted by molar-refractivity contribution is 0.101. The summed E-state index contributed by atoms with van der Waals surface area (Å²) < 4.78 is 16.4. The molecule has 0 saturated heterocycles. The van der Waals surface area contributed by atoms with E-state index in [0.717, 1.165) is 22.8 Å². The van der Waals surface area contributed by atoms with Crippen LogP contribution in [0.1, 0.15) is 16.1 Å². The van der Waals surface area contributed by atoms with Crippen molar-refractivity contribution < 1.29 is 19.0 Å². The lowest BCUT2D eigenvalue weighted by Gasteiger charge is -2.20. The number of carbonyl (C=O) groups is 1. The number of para-hydroxylation sites is 1. The third-order valence-electron chi connectivity index (χ3n) is 5.43. The highest BCUT2D eigenvalue weighted by atomic mass is 16.6. The zero-order chi connectivity index (χ0) is 24.9. The first kappa shape index (κ1) is 23.0. The minimum absolute atomic E-state index is 0.269. The van der Waals surface area contributed by atoms with E-state index in [9.17, 15) is 4.79 Å². The molecule has 0 unspecified atom stereocenters. The Morgan fingerprint density at radius 3 is 2.33 bits per heavy atom. The maximum atomic E-state index is 12.8. The number of aromatic nitrogens is 2. The van der Waals surface area contributed by atoms with Crippen LogP contribution in [0.4, 0.5) is 28.8 Å². The molecule has 9 heteroatoms. The number of aryl methyl sites for hydroxylation is 1. The summed E-state index contributed by atoms with van der Waals surface area (Å²) in [5.41, 5.74) is 3.55. The first-order chi connectivity index (χ1) is 17.6. The maximum absolute atomic E-state index is 12.8. The summed E-state index contributed by atoms with van der Waals surface area (Å²) in [5.74, 6) is 2.68. The molecule has 0 aliphatic carbocycles. The number of hydrogen-bond acceptors (Lipinski definition) is 8. The van der Waals surface area contributed by atoms with Gasteiger partial charge in [-0.3, -0.25) is 4.79 Å². The van der Waals surface area contributed by atoms with Crippen LogP contribution in [0.3, 0.4) is 0 Å². The van der Waals surface area contributed by atoms with Gasteiger partial charge < -0.3 is 30.2 Å². The molecule has 2 heterocycles. The van der Waals surface area contributed by atoms with Gasteiger partial charge in [0, 0.05) is 28.8 Å². The average Bonchev–Trinajstić information content (AvgIpc) is 2.89. The van der Waals surface area contributed by atoms with Crippen LogP contribution in [0.2, 0.25) is 0 Å². The molecular weight excluding hydrogens is 458 g/mol. The van der Waals surface area contributed by atoms with E-state index >= 15 is 0 Å². The van der Waals surface area contributed by atoms with Crippen molar-refractivity contribution in [1.29, 1.82) is 0 Å².